The van der Waals surface area contributed by atoms with E-state index in [1.165, 1.54) is 0 Å². The van der Waals surface area contributed by atoms with Crippen LogP contribution in [-0.4, -0.2) is 22.2 Å². The van der Waals surface area contributed by atoms with Crippen molar-refractivity contribution >= 4 is 11.9 Å². The molecule has 82 valence electrons. The fourth-order valence-corrected chi connectivity index (χ4v) is 0.822. The SMILES string of the molecule is CC.O=C(O)c1ccc(C(=O)O)c(F)c1. The molecule has 0 fully saturated rings. The van der Waals surface area contributed by atoms with Crippen LogP contribution in [0.25, 0.3) is 0 Å². The number of carbonyl (C=O) groups is 2. The number of rotatable bonds is 2. The smallest absolute Gasteiger partial charge is 0.338 e. The molecule has 0 saturated heterocycles. The van der Waals surface area contributed by atoms with Crippen LogP contribution in [0.3, 0.4) is 0 Å². The first-order valence-electron chi connectivity index (χ1n) is 4.28. The van der Waals surface area contributed by atoms with Crippen LogP contribution in [0.5, 0.6) is 0 Å². The molecule has 0 aromatic heterocycles. The molecule has 0 unspecified atom stereocenters. The highest BCUT2D eigenvalue weighted by atomic mass is 19.1. The van der Waals surface area contributed by atoms with E-state index in [9.17, 15) is 14.0 Å². The van der Waals surface area contributed by atoms with E-state index in [4.69, 9.17) is 10.2 Å². The molecule has 5 heteroatoms. The van der Waals surface area contributed by atoms with E-state index in [1.54, 1.807) is 0 Å². The van der Waals surface area contributed by atoms with Crippen LogP contribution in [0.4, 0.5) is 4.39 Å². The Morgan fingerprint density at radius 3 is 2.00 bits per heavy atom. The minimum Gasteiger partial charge on any atom is -0.478 e. The molecule has 0 atom stereocenters. The molecule has 15 heavy (non-hydrogen) atoms. The molecule has 0 heterocycles. The van der Waals surface area contributed by atoms with Crippen molar-refractivity contribution in [2.24, 2.45) is 0 Å². The first-order chi connectivity index (χ1) is 7.02. The van der Waals surface area contributed by atoms with Gasteiger partial charge in [0.15, 0.2) is 0 Å². The lowest BCUT2D eigenvalue weighted by atomic mass is 10.1. The highest BCUT2D eigenvalue weighted by Gasteiger charge is 2.12. The fraction of sp³-hybridized carbons (Fsp3) is 0.200. The van der Waals surface area contributed by atoms with Crippen LogP contribution in [0.15, 0.2) is 18.2 Å². The van der Waals surface area contributed by atoms with Gasteiger partial charge in [-0.25, -0.2) is 14.0 Å². The molecular formula is C10H11FO4. The predicted molar refractivity (Wildman–Crippen MR) is 51.7 cm³/mol. The van der Waals surface area contributed by atoms with E-state index in [0.717, 1.165) is 12.1 Å². The molecular weight excluding hydrogens is 203 g/mol. The molecule has 0 saturated carbocycles. The Bertz CT molecular complexity index is 374. The van der Waals surface area contributed by atoms with Crippen LogP contribution < -0.4 is 0 Å². The zero-order valence-corrected chi connectivity index (χ0v) is 8.32. The summed E-state index contributed by atoms with van der Waals surface area (Å²) in [6.07, 6.45) is 0. The number of aromatic carboxylic acids is 2. The zero-order valence-electron chi connectivity index (χ0n) is 8.32. The quantitative estimate of drug-likeness (QED) is 0.791. The van der Waals surface area contributed by atoms with Crippen LogP contribution in [0.2, 0.25) is 0 Å². The first-order valence-corrected chi connectivity index (χ1v) is 4.28. The van der Waals surface area contributed by atoms with E-state index in [0.29, 0.717) is 6.07 Å². The molecule has 0 amide bonds. The molecule has 0 bridgehead atoms. The summed E-state index contributed by atoms with van der Waals surface area (Å²) >= 11 is 0. The lowest BCUT2D eigenvalue weighted by Gasteiger charge is -1.98. The van der Waals surface area contributed by atoms with Gasteiger partial charge in [-0.1, -0.05) is 13.8 Å². The first kappa shape index (κ1) is 13.1. The summed E-state index contributed by atoms with van der Waals surface area (Å²) in [6.45, 7) is 4.00. The second-order valence-corrected chi connectivity index (χ2v) is 2.30. The third-order valence-corrected chi connectivity index (χ3v) is 1.45. The molecule has 1 aromatic rings. The summed E-state index contributed by atoms with van der Waals surface area (Å²) in [5.74, 6) is -3.77. The molecule has 1 rings (SSSR count). The third-order valence-electron chi connectivity index (χ3n) is 1.45. The Kier molecular flexibility index (Phi) is 5.01. The van der Waals surface area contributed by atoms with Crippen LogP contribution in [0, 0.1) is 5.82 Å². The van der Waals surface area contributed by atoms with Gasteiger partial charge in [-0.05, 0) is 18.2 Å². The molecule has 0 spiro atoms. The Morgan fingerprint density at radius 1 is 1.13 bits per heavy atom. The van der Waals surface area contributed by atoms with Crippen LogP contribution in [0.1, 0.15) is 34.6 Å². The van der Waals surface area contributed by atoms with E-state index in [2.05, 4.69) is 0 Å². The van der Waals surface area contributed by atoms with Gasteiger partial charge in [-0.15, -0.1) is 0 Å². The third kappa shape index (κ3) is 3.38. The Morgan fingerprint density at radius 2 is 1.67 bits per heavy atom. The molecule has 0 radical (unpaired) electrons. The molecule has 4 nitrogen and oxygen atoms in total. The molecule has 0 aliphatic heterocycles. The number of carboxylic acids is 2. The summed E-state index contributed by atoms with van der Waals surface area (Å²) in [5, 5.41) is 16.8. The van der Waals surface area contributed by atoms with Crippen molar-refractivity contribution in [2.45, 2.75) is 13.8 Å². The average Bonchev–Trinajstić information content (AvgIpc) is 2.20. The molecule has 0 aliphatic rings. The maximum atomic E-state index is 12.8. The minimum absolute atomic E-state index is 0.275. The van der Waals surface area contributed by atoms with E-state index >= 15 is 0 Å². The number of hydrogen-bond donors (Lipinski definition) is 2. The lowest BCUT2D eigenvalue weighted by Crippen LogP contribution is -2.03. The van der Waals surface area contributed by atoms with Gasteiger partial charge in [0, 0.05) is 0 Å². The second kappa shape index (κ2) is 5.74. The number of halogens is 1. The standard InChI is InChI=1S/C8H5FO4.C2H6/c9-6-3-4(7(10)11)1-2-5(6)8(12)13;1-2/h1-3H,(H,10,11)(H,12,13);1-2H3. The highest BCUT2D eigenvalue weighted by molar-refractivity contribution is 5.91. The van der Waals surface area contributed by atoms with Gasteiger partial charge in [0.1, 0.15) is 5.82 Å². The lowest BCUT2D eigenvalue weighted by molar-refractivity contribution is 0.0676. The van der Waals surface area contributed by atoms with E-state index in [1.807, 2.05) is 13.8 Å². The normalized spacial score (nSPS) is 8.73. The second-order valence-electron chi connectivity index (χ2n) is 2.30. The largest absolute Gasteiger partial charge is 0.478 e. The monoisotopic (exact) mass is 214 g/mol. The summed E-state index contributed by atoms with van der Waals surface area (Å²) in [5.41, 5.74) is -0.812. The highest BCUT2D eigenvalue weighted by Crippen LogP contribution is 2.10. The van der Waals surface area contributed by atoms with Crippen molar-refractivity contribution in [3.8, 4) is 0 Å². The van der Waals surface area contributed by atoms with Crippen molar-refractivity contribution in [3.05, 3.63) is 35.1 Å². The minimum atomic E-state index is -1.42. The van der Waals surface area contributed by atoms with Gasteiger partial charge < -0.3 is 10.2 Å². The van der Waals surface area contributed by atoms with E-state index < -0.39 is 23.3 Å². The van der Waals surface area contributed by atoms with Crippen molar-refractivity contribution in [2.75, 3.05) is 0 Å². The summed E-state index contributed by atoms with van der Waals surface area (Å²) in [7, 11) is 0. The zero-order chi connectivity index (χ0) is 12.0. The van der Waals surface area contributed by atoms with Crippen molar-refractivity contribution < 1.29 is 24.2 Å². The Balaban J connectivity index is 0.000000921. The molecule has 1 aromatic carbocycles. The predicted octanol–water partition coefficient (Wildman–Crippen LogP) is 2.25. The van der Waals surface area contributed by atoms with Gasteiger partial charge in [0.2, 0.25) is 0 Å². The average molecular weight is 214 g/mol. The topological polar surface area (TPSA) is 74.6 Å². The van der Waals surface area contributed by atoms with Crippen LogP contribution in [-0.2, 0) is 0 Å². The summed E-state index contributed by atoms with van der Waals surface area (Å²) in [6, 6.07) is 2.63. The Hall–Kier alpha value is -1.91. The van der Waals surface area contributed by atoms with Gasteiger partial charge in [-0.2, -0.15) is 0 Å². The summed E-state index contributed by atoms with van der Waals surface area (Å²) < 4.78 is 12.8. The van der Waals surface area contributed by atoms with Gasteiger partial charge in [-0.3, -0.25) is 0 Å². The van der Waals surface area contributed by atoms with Crippen LogP contribution >= 0.6 is 0 Å². The van der Waals surface area contributed by atoms with Crippen molar-refractivity contribution in [1.29, 1.82) is 0 Å². The maximum Gasteiger partial charge on any atom is 0.338 e. The maximum absolute atomic E-state index is 12.8. The van der Waals surface area contributed by atoms with Gasteiger partial charge in [0.25, 0.3) is 0 Å². The Labute approximate surface area is 86.0 Å². The number of hydrogen-bond acceptors (Lipinski definition) is 2. The fourth-order valence-electron chi connectivity index (χ4n) is 0.822. The van der Waals surface area contributed by atoms with Gasteiger partial charge in [0.05, 0.1) is 11.1 Å². The van der Waals surface area contributed by atoms with Crippen molar-refractivity contribution in [1.82, 2.24) is 0 Å². The summed E-state index contributed by atoms with van der Waals surface area (Å²) in [4.78, 5) is 20.6. The molecule has 0 aliphatic carbocycles. The molecule has 2 N–H and O–H groups in total. The van der Waals surface area contributed by atoms with Crippen molar-refractivity contribution in [3.63, 3.8) is 0 Å². The van der Waals surface area contributed by atoms with E-state index in [-0.39, 0.29) is 5.56 Å². The number of carboxylic acid groups (broad SMARTS) is 2. The van der Waals surface area contributed by atoms with Gasteiger partial charge >= 0.3 is 11.9 Å². The number of benzene rings is 1.